The van der Waals surface area contributed by atoms with Crippen LogP contribution in [0.15, 0.2) is 47.5 Å². The van der Waals surface area contributed by atoms with Gasteiger partial charge in [0.25, 0.3) is 0 Å². The van der Waals surface area contributed by atoms with Crippen LogP contribution in [0, 0.1) is 0 Å². The van der Waals surface area contributed by atoms with E-state index in [1.165, 1.54) is 0 Å². The molecule has 0 aliphatic carbocycles. The van der Waals surface area contributed by atoms with Gasteiger partial charge in [-0.1, -0.05) is 53.5 Å². The Balaban J connectivity index is 2.04. The van der Waals surface area contributed by atoms with E-state index in [1.54, 1.807) is 6.07 Å². The lowest BCUT2D eigenvalue weighted by Crippen LogP contribution is -2.50. The zero-order valence-corrected chi connectivity index (χ0v) is 12.4. The second kappa shape index (κ2) is 5.20. The molecular weight excluding hydrogens is 309 g/mol. The summed E-state index contributed by atoms with van der Waals surface area (Å²) in [5.41, 5.74) is 19.6. The van der Waals surface area contributed by atoms with E-state index in [4.69, 9.17) is 34.7 Å². The standard InChI is InChI=1S/C14H13Cl2N5/c15-11-4-2-1-3-9(11)10-6-5-8(7-12(10)16)14(18)19-13(17)20-21-14/h1-7,21H,18H2,(H3,17,19,20). The smallest absolute Gasteiger partial charge is 0.209 e. The summed E-state index contributed by atoms with van der Waals surface area (Å²) in [4.78, 5) is 4.12. The van der Waals surface area contributed by atoms with Gasteiger partial charge < -0.3 is 5.73 Å². The van der Waals surface area contributed by atoms with E-state index in [9.17, 15) is 0 Å². The Kier molecular flexibility index (Phi) is 3.51. The maximum atomic E-state index is 6.37. The molecule has 108 valence electrons. The second-order valence-electron chi connectivity index (χ2n) is 4.69. The first-order valence-electron chi connectivity index (χ1n) is 6.22. The minimum Gasteiger partial charge on any atom is -0.369 e. The van der Waals surface area contributed by atoms with Crippen molar-refractivity contribution in [3.63, 3.8) is 0 Å². The molecule has 7 heteroatoms. The third kappa shape index (κ3) is 2.56. The van der Waals surface area contributed by atoms with Crippen LogP contribution in [-0.4, -0.2) is 5.96 Å². The number of nitrogens with one attached hydrogen (secondary N) is 2. The van der Waals surface area contributed by atoms with Crippen LogP contribution < -0.4 is 22.3 Å². The predicted molar refractivity (Wildman–Crippen MR) is 85.7 cm³/mol. The van der Waals surface area contributed by atoms with E-state index in [0.29, 0.717) is 15.6 Å². The fraction of sp³-hybridized carbons (Fsp3) is 0.0714. The highest BCUT2D eigenvalue weighted by Gasteiger charge is 2.31. The van der Waals surface area contributed by atoms with E-state index in [0.717, 1.165) is 11.1 Å². The third-order valence-electron chi connectivity index (χ3n) is 3.25. The van der Waals surface area contributed by atoms with Gasteiger partial charge in [0, 0.05) is 26.7 Å². The van der Waals surface area contributed by atoms with Gasteiger partial charge in [0.05, 0.1) is 0 Å². The van der Waals surface area contributed by atoms with Crippen molar-refractivity contribution in [2.75, 3.05) is 0 Å². The van der Waals surface area contributed by atoms with Gasteiger partial charge >= 0.3 is 0 Å². The minimum atomic E-state index is -1.13. The molecule has 1 heterocycles. The number of halogens is 2. The molecule has 6 N–H and O–H groups in total. The van der Waals surface area contributed by atoms with Crippen LogP contribution in [0.25, 0.3) is 11.1 Å². The van der Waals surface area contributed by atoms with Crippen LogP contribution in [0.2, 0.25) is 10.0 Å². The molecule has 0 aromatic heterocycles. The molecule has 3 rings (SSSR count). The van der Waals surface area contributed by atoms with E-state index >= 15 is 0 Å². The highest BCUT2D eigenvalue weighted by atomic mass is 35.5. The van der Waals surface area contributed by atoms with Crippen molar-refractivity contribution in [2.45, 2.75) is 5.79 Å². The lowest BCUT2D eigenvalue weighted by Gasteiger charge is -2.21. The van der Waals surface area contributed by atoms with Crippen LogP contribution in [-0.2, 0) is 5.79 Å². The Labute approximate surface area is 131 Å². The zero-order chi connectivity index (χ0) is 15.0. The van der Waals surface area contributed by atoms with Crippen molar-refractivity contribution >= 4 is 29.2 Å². The molecule has 5 nitrogen and oxygen atoms in total. The third-order valence-corrected chi connectivity index (χ3v) is 3.89. The molecule has 0 spiro atoms. The van der Waals surface area contributed by atoms with Crippen LogP contribution in [0.1, 0.15) is 5.56 Å². The van der Waals surface area contributed by atoms with Gasteiger partial charge in [0.15, 0.2) is 0 Å². The molecule has 0 fully saturated rings. The van der Waals surface area contributed by atoms with Crippen molar-refractivity contribution in [1.29, 1.82) is 0 Å². The lowest BCUT2D eigenvalue weighted by molar-refractivity contribution is 0.375. The first-order valence-corrected chi connectivity index (χ1v) is 6.97. The Morgan fingerprint density at radius 1 is 1.00 bits per heavy atom. The summed E-state index contributed by atoms with van der Waals surface area (Å²) in [6, 6.07) is 12.9. The molecular formula is C14H13Cl2N5. The normalized spacial score (nSPS) is 21.0. The van der Waals surface area contributed by atoms with Crippen molar-refractivity contribution < 1.29 is 0 Å². The zero-order valence-electron chi connectivity index (χ0n) is 10.9. The molecule has 0 saturated heterocycles. The fourth-order valence-electron chi connectivity index (χ4n) is 2.19. The number of aliphatic imine (C=N–C) groups is 1. The van der Waals surface area contributed by atoms with Gasteiger partial charge in [-0.3, -0.25) is 11.2 Å². The molecule has 1 atom stereocenters. The van der Waals surface area contributed by atoms with E-state index in [2.05, 4.69) is 15.8 Å². The molecule has 0 saturated carbocycles. The second-order valence-corrected chi connectivity index (χ2v) is 5.50. The Morgan fingerprint density at radius 3 is 2.33 bits per heavy atom. The van der Waals surface area contributed by atoms with Crippen molar-refractivity contribution in [3.05, 3.63) is 58.1 Å². The van der Waals surface area contributed by atoms with Crippen molar-refractivity contribution in [3.8, 4) is 11.1 Å². The van der Waals surface area contributed by atoms with Gasteiger partial charge in [-0.05, 0) is 12.1 Å². The summed E-state index contributed by atoms with van der Waals surface area (Å²) in [6.07, 6.45) is 0. The first-order chi connectivity index (χ1) is 9.99. The highest BCUT2D eigenvalue weighted by molar-refractivity contribution is 6.36. The quantitative estimate of drug-likeness (QED) is 0.682. The van der Waals surface area contributed by atoms with Crippen LogP contribution in [0.3, 0.4) is 0 Å². The van der Waals surface area contributed by atoms with Gasteiger partial charge in [0.1, 0.15) is 0 Å². The molecule has 0 bridgehead atoms. The summed E-state index contributed by atoms with van der Waals surface area (Å²) in [6.45, 7) is 0. The summed E-state index contributed by atoms with van der Waals surface area (Å²) >= 11 is 12.6. The molecule has 21 heavy (non-hydrogen) atoms. The van der Waals surface area contributed by atoms with Crippen molar-refractivity contribution in [1.82, 2.24) is 10.9 Å². The SMILES string of the molecule is NC1=NC(N)(c2ccc(-c3ccccc3Cl)c(Cl)c2)NN1. The van der Waals surface area contributed by atoms with Crippen LogP contribution in [0.4, 0.5) is 0 Å². The number of nitrogens with zero attached hydrogens (tertiary/aromatic N) is 1. The Morgan fingerprint density at radius 2 is 1.71 bits per heavy atom. The summed E-state index contributed by atoms with van der Waals surface area (Å²) in [7, 11) is 0. The Bertz CT molecular complexity index is 731. The molecule has 0 amide bonds. The number of hydrazine groups is 1. The molecule has 0 radical (unpaired) electrons. The van der Waals surface area contributed by atoms with Gasteiger partial charge in [0.2, 0.25) is 11.7 Å². The molecule has 1 unspecified atom stereocenters. The molecule has 1 aliphatic rings. The number of benzene rings is 2. The topological polar surface area (TPSA) is 88.5 Å². The average Bonchev–Trinajstić information content (AvgIpc) is 2.81. The number of rotatable bonds is 2. The minimum absolute atomic E-state index is 0.226. The predicted octanol–water partition coefficient (Wildman–Crippen LogP) is 2.15. The average molecular weight is 322 g/mol. The number of hydrogen-bond donors (Lipinski definition) is 4. The first kappa shape index (κ1) is 14.2. The maximum Gasteiger partial charge on any atom is 0.209 e. The molecule has 2 aromatic carbocycles. The summed E-state index contributed by atoms with van der Waals surface area (Å²) in [5.74, 6) is -0.906. The lowest BCUT2D eigenvalue weighted by atomic mass is 10.0. The van der Waals surface area contributed by atoms with E-state index in [1.807, 2.05) is 36.4 Å². The number of nitrogens with two attached hydrogens (primary N) is 2. The fourth-order valence-corrected chi connectivity index (χ4v) is 2.71. The van der Waals surface area contributed by atoms with Gasteiger partial charge in [-0.2, -0.15) is 5.43 Å². The maximum absolute atomic E-state index is 6.37. The van der Waals surface area contributed by atoms with Gasteiger partial charge in [-0.15, -0.1) is 0 Å². The summed E-state index contributed by atoms with van der Waals surface area (Å²) < 4.78 is 0. The molecule has 2 aromatic rings. The van der Waals surface area contributed by atoms with E-state index in [-0.39, 0.29) is 5.96 Å². The highest BCUT2D eigenvalue weighted by Crippen LogP contribution is 2.35. The summed E-state index contributed by atoms with van der Waals surface area (Å²) in [5, 5.41) is 1.17. The number of hydrogen-bond acceptors (Lipinski definition) is 5. The van der Waals surface area contributed by atoms with E-state index < -0.39 is 5.79 Å². The largest absolute Gasteiger partial charge is 0.369 e. The van der Waals surface area contributed by atoms with Crippen LogP contribution >= 0.6 is 23.2 Å². The molecule has 1 aliphatic heterocycles. The monoisotopic (exact) mass is 321 g/mol. The number of guanidine groups is 1. The van der Waals surface area contributed by atoms with Gasteiger partial charge in [-0.25, -0.2) is 4.99 Å². The van der Waals surface area contributed by atoms with Crippen LogP contribution in [0.5, 0.6) is 0 Å². The van der Waals surface area contributed by atoms with Crippen molar-refractivity contribution in [2.24, 2.45) is 16.5 Å². The Hall–Kier alpha value is -1.79.